The van der Waals surface area contributed by atoms with Gasteiger partial charge in [0.05, 0.1) is 0 Å². The monoisotopic (exact) mass is 268 g/mol. The lowest BCUT2D eigenvalue weighted by Gasteiger charge is -2.39. The van der Waals surface area contributed by atoms with Crippen molar-refractivity contribution in [1.29, 1.82) is 0 Å². The molecule has 1 atom stereocenters. The number of nitrogens with two attached hydrogens (primary N) is 1. The maximum absolute atomic E-state index is 5.80. The van der Waals surface area contributed by atoms with Crippen LogP contribution in [0.5, 0.6) is 0 Å². The molecule has 19 heavy (non-hydrogen) atoms. The Morgan fingerprint density at radius 2 is 1.53 bits per heavy atom. The topological polar surface area (TPSA) is 38.0 Å². The van der Waals surface area contributed by atoms with Gasteiger partial charge in [0.25, 0.3) is 0 Å². The molecule has 0 aromatic carbocycles. The highest BCUT2D eigenvalue weighted by Gasteiger charge is 2.32. The molecule has 0 spiro atoms. The van der Waals surface area contributed by atoms with Crippen LogP contribution in [0.2, 0.25) is 0 Å². The van der Waals surface area contributed by atoms with Crippen LogP contribution in [0.25, 0.3) is 0 Å². The Hall–Kier alpha value is -0.0800. The van der Waals surface area contributed by atoms with E-state index in [2.05, 4.69) is 47.0 Å². The van der Waals surface area contributed by atoms with E-state index in [1.54, 1.807) is 0 Å². The lowest BCUT2D eigenvalue weighted by molar-refractivity contribution is 0.127. The molecule has 0 bridgehead atoms. The van der Waals surface area contributed by atoms with E-state index in [4.69, 9.17) is 5.84 Å². The summed E-state index contributed by atoms with van der Waals surface area (Å²) in [5.41, 5.74) is 3.99. The Balaban J connectivity index is 2.44. The molecule has 0 saturated heterocycles. The Kier molecular flexibility index (Phi) is 5.88. The second-order valence-electron chi connectivity index (χ2n) is 8.85. The van der Waals surface area contributed by atoms with Crippen molar-refractivity contribution in [3.63, 3.8) is 0 Å². The third-order valence-corrected chi connectivity index (χ3v) is 4.99. The van der Waals surface area contributed by atoms with Crippen molar-refractivity contribution in [2.45, 2.75) is 86.1 Å². The van der Waals surface area contributed by atoms with Gasteiger partial charge in [-0.2, -0.15) is 0 Å². The fourth-order valence-corrected chi connectivity index (χ4v) is 3.43. The summed E-state index contributed by atoms with van der Waals surface area (Å²) >= 11 is 0. The van der Waals surface area contributed by atoms with Crippen LogP contribution >= 0.6 is 0 Å². The summed E-state index contributed by atoms with van der Waals surface area (Å²) < 4.78 is 0. The molecule has 0 amide bonds. The van der Waals surface area contributed by atoms with Gasteiger partial charge in [0.1, 0.15) is 0 Å². The molecule has 0 heterocycles. The molecule has 0 aromatic heterocycles. The Bertz CT molecular complexity index is 251. The van der Waals surface area contributed by atoms with Crippen LogP contribution in [0.1, 0.15) is 80.1 Å². The molecule has 1 rings (SSSR count). The molecule has 0 radical (unpaired) electrons. The minimum Gasteiger partial charge on any atom is -0.271 e. The van der Waals surface area contributed by atoms with Crippen molar-refractivity contribution in [1.82, 2.24) is 5.43 Å². The molecule has 0 aromatic rings. The van der Waals surface area contributed by atoms with Crippen LogP contribution in [0.3, 0.4) is 0 Å². The van der Waals surface area contributed by atoms with Crippen LogP contribution in [-0.2, 0) is 0 Å². The largest absolute Gasteiger partial charge is 0.271 e. The minimum absolute atomic E-state index is 0.414. The third-order valence-electron chi connectivity index (χ3n) is 4.99. The maximum Gasteiger partial charge on any atom is 0.0238 e. The number of hydrogen-bond acceptors (Lipinski definition) is 2. The first-order valence-corrected chi connectivity index (χ1v) is 8.09. The third kappa shape index (κ3) is 5.83. The Labute approximate surface area is 120 Å². The quantitative estimate of drug-likeness (QED) is 0.582. The van der Waals surface area contributed by atoms with Crippen molar-refractivity contribution >= 4 is 0 Å². The SMILES string of the molecule is CC(C)(C)CCC(NN)C1CCC(C(C)(C)C)CC1. The van der Waals surface area contributed by atoms with Gasteiger partial charge in [-0.15, -0.1) is 0 Å². The van der Waals surface area contributed by atoms with Gasteiger partial charge in [-0.1, -0.05) is 41.5 Å². The van der Waals surface area contributed by atoms with E-state index in [-0.39, 0.29) is 0 Å². The van der Waals surface area contributed by atoms with Gasteiger partial charge in [-0.25, -0.2) is 0 Å². The summed E-state index contributed by atoms with van der Waals surface area (Å²) in [6.45, 7) is 14.1. The zero-order valence-electron chi connectivity index (χ0n) is 14.1. The van der Waals surface area contributed by atoms with Crippen LogP contribution in [0.15, 0.2) is 0 Å². The average Bonchev–Trinajstić information content (AvgIpc) is 2.28. The van der Waals surface area contributed by atoms with Gasteiger partial charge in [0.2, 0.25) is 0 Å². The maximum atomic E-state index is 5.80. The van der Waals surface area contributed by atoms with E-state index < -0.39 is 0 Å². The molecule has 1 saturated carbocycles. The fourth-order valence-electron chi connectivity index (χ4n) is 3.43. The van der Waals surface area contributed by atoms with Crippen molar-refractivity contribution in [2.24, 2.45) is 28.5 Å². The number of rotatable bonds is 4. The molecular weight excluding hydrogens is 232 g/mol. The Morgan fingerprint density at radius 1 is 1.00 bits per heavy atom. The summed E-state index contributed by atoms with van der Waals surface area (Å²) in [5.74, 6) is 7.48. The van der Waals surface area contributed by atoms with Crippen LogP contribution in [0.4, 0.5) is 0 Å². The second-order valence-corrected chi connectivity index (χ2v) is 8.85. The van der Waals surface area contributed by atoms with Gasteiger partial charge < -0.3 is 0 Å². The van der Waals surface area contributed by atoms with Crippen molar-refractivity contribution in [2.75, 3.05) is 0 Å². The normalized spacial score (nSPS) is 27.3. The van der Waals surface area contributed by atoms with Gasteiger partial charge in [-0.3, -0.25) is 11.3 Å². The molecule has 2 heteroatoms. The standard InChI is InChI=1S/C17H36N2/c1-16(2,3)12-11-15(19-18)13-7-9-14(10-8-13)17(4,5)6/h13-15,19H,7-12,18H2,1-6H3. The predicted octanol–water partition coefficient (Wildman–Crippen LogP) is 4.50. The van der Waals surface area contributed by atoms with E-state index in [1.807, 2.05) is 0 Å². The predicted molar refractivity (Wildman–Crippen MR) is 84.7 cm³/mol. The fraction of sp³-hybridized carbons (Fsp3) is 1.00. The van der Waals surface area contributed by atoms with Crippen molar-refractivity contribution in [3.8, 4) is 0 Å². The second kappa shape index (κ2) is 6.58. The van der Waals surface area contributed by atoms with Gasteiger partial charge in [-0.05, 0) is 61.2 Å². The number of nitrogens with one attached hydrogen (secondary N) is 1. The molecule has 1 unspecified atom stereocenters. The molecule has 114 valence electrons. The zero-order valence-corrected chi connectivity index (χ0v) is 14.1. The van der Waals surface area contributed by atoms with Gasteiger partial charge in [0.15, 0.2) is 0 Å². The van der Waals surface area contributed by atoms with E-state index in [0.29, 0.717) is 16.9 Å². The molecule has 1 fully saturated rings. The summed E-state index contributed by atoms with van der Waals surface area (Å²) in [6.07, 6.45) is 7.91. The van der Waals surface area contributed by atoms with E-state index in [9.17, 15) is 0 Å². The van der Waals surface area contributed by atoms with E-state index in [0.717, 1.165) is 11.8 Å². The van der Waals surface area contributed by atoms with E-state index in [1.165, 1.54) is 38.5 Å². The smallest absolute Gasteiger partial charge is 0.0238 e. The average molecular weight is 268 g/mol. The van der Waals surface area contributed by atoms with Gasteiger partial charge >= 0.3 is 0 Å². The number of hydrazine groups is 1. The first-order valence-electron chi connectivity index (χ1n) is 8.09. The molecule has 1 aliphatic carbocycles. The van der Waals surface area contributed by atoms with E-state index >= 15 is 0 Å². The molecule has 0 aliphatic heterocycles. The molecule has 1 aliphatic rings. The summed E-state index contributed by atoms with van der Waals surface area (Å²) in [6, 6.07) is 0.514. The molecule has 3 N–H and O–H groups in total. The summed E-state index contributed by atoms with van der Waals surface area (Å²) in [4.78, 5) is 0. The lowest BCUT2D eigenvalue weighted by Crippen LogP contribution is -2.43. The highest BCUT2D eigenvalue weighted by atomic mass is 15.2. The Morgan fingerprint density at radius 3 is 1.89 bits per heavy atom. The van der Waals surface area contributed by atoms with Crippen LogP contribution in [-0.4, -0.2) is 6.04 Å². The number of hydrogen-bond donors (Lipinski definition) is 2. The highest BCUT2D eigenvalue weighted by molar-refractivity contribution is 4.85. The minimum atomic E-state index is 0.414. The summed E-state index contributed by atoms with van der Waals surface area (Å²) in [5, 5.41) is 0. The first kappa shape index (κ1) is 17.0. The highest BCUT2D eigenvalue weighted by Crippen LogP contribution is 2.41. The van der Waals surface area contributed by atoms with Crippen molar-refractivity contribution in [3.05, 3.63) is 0 Å². The lowest BCUT2D eigenvalue weighted by atomic mass is 9.68. The summed E-state index contributed by atoms with van der Waals surface area (Å²) in [7, 11) is 0. The first-order chi connectivity index (χ1) is 8.63. The van der Waals surface area contributed by atoms with Crippen LogP contribution in [0, 0.1) is 22.7 Å². The van der Waals surface area contributed by atoms with Gasteiger partial charge in [0, 0.05) is 6.04 Å². The zero-order chi connectivity index (χ0) is 14.7. The van der Waals surface area contributed by atoms with Crippen molar-refractivity contribution < 1.29 is 0 Å². The molecular formula is C17H36N2. The van der Waals surface area contributed by atoms with Crippen LogP contribution < -0.4 is 11.3 Å². The molecule has 2 nitrogen and oxygen atoms in total.